The summed E-state index contributed by atoms with van der Waals surface area (Å²) >= 11 is 0. The number of rotatable bonds is 35. The molecule has 0 spiro atoms. The van der Waals surface area contributed by atoms with Crippen LogP contribution in [0.3, 0.4) is 0 Å². The van der Waals surface area contributed by atoms with Gasteiger partial charge in [-0.1, -0.05) is 146 Å². The van der Waals surface area contributed by atoms with E-state index in [1.54, 1.807) is 0 Å². The van der Waals surface area contributed by atoms with Gasteiger partial charge in [0.2, 0.25) is 0 Å². The van der Waals surface area contributed by atoms with Crippen molar-refractivity contribution < 1.29 is 42.9 Å². The summed E-state index contributed by atoms with van der Waals surface area (Å²) in [6.07, 6.45) is 18.8. The number of carbonyl (C=O) groups excluding carboxylic acids is 5. The lowest BCUT2D eigenvalue weighted by Crippen LogP contribution is -2.45. The highest BCUT2D eigenvalue weighted by atomic mass is 16.7. The topological polar surface area (TPSA) is 122 Å². The molecule has 1 aliphatic rings. The molecular weight excluding hydrogens is 865 g/mol. The molecule has 0 saturated heterocycles. The Kier molecular flexibility index (Phi) is 51.1. The highest BCUT2D eigenvalue weighted by molar-refractivity contribution is 5.83. The Bertz CT molecular complexity index is 1250. The van der Waals surface area contributed by atoms with Gasteiger partial charge in [-0.3, -0.25) is 24.0 Å². The number of Topliss-reactive ketones (excluding diaryl/α,β-unsaturated/α-hetero) is 5. The molecule has 1 atom stereocenters. The van der Waals surface area contributed by atoms with E-state index in [-0.39, 0.29) is 76.0 Å². The first kappa shape index (κ1) is 78.6. The maximum absolute atomic E-state index is 12.0. The molecule has 69 heavy (non-hydrogen) atoms. The summed E-state index contributed by atoms with van der Waals surface area (Å²) in [5.74, 6) is 2.75. The van der Waals surface area contributed by atoms with Crippen molar-refractivity contribution in [2.24, 2.45) is 40.9 Å². The van der Waals surface area contributed by atoms with Gasteiger partial charge in [0.1, 0.15) is 28.9 Å². The van der Waals surface area contributed by atoms with Gasteiger partial charge in [0, 0.05) is 81.0 Å². The Morgan fingerprint density at radius 3 is 1.07 bits per heavy atom. The van der Waals surface area contributed by atoms with E-state index >= 15 is 0 Å². The molecule has 0 radical (unpaired) electrons. The van der Waals surface area contributed by atoms with E-state index in [4.69, 9.17) is 18.9 Å². The van der Waals surface area contributed by atoms with Crippen LogP contribution in [0.2, 0.25) is 0 Å². The summed E-state index contributed by atoms with van der Waals surface area (Å²) in [7, 11) is 0. The molecule has 416 valence electrons. The molecular formula is C60H122O9. The molecule has 1 rings (SSSR count). The lowest BCUT2D eigenvalue weighted by atomic mass is 9.86. The van der Waals surface area contributed by atoms with E-state index in [1.165, 1.54) is 19.3 Å². The minimum atomic E-state index is -0.656. The largest absolute Gasteiger partial charge is 0.350 e. The van der Waals surface area contributed by atoms with Gasteiger partial charge in [-0.2, -0.15) is 0 Å². The molecule has 0 aromatic heterocycles. The second-order valence-corrected chi connectivity index (χ2v) is 22.3. The minimum Gasteiger partial charge on any atom is -0.350 e. The molecule has 0 aromatic rings. The second kappa shape index (κ2) is 44.9. The van der Waals surface area contributed by atoms with Crippen LogP contribution in [0.25, 0.3) is 0 Å². The Balaban J connectivity index is -0.000000226. The first-order valence-electron chi connectivity index (χ1n) is 26.4. The highest BCUT2D eigenvalue weighted by Crippen LogP contribution is 2.36. The van der Waals surface area contributed by atoms with Gasteiger partial charge in [-0.15, -0.1) is 0 Å². The standard InChI is InChI=1S/C23H42O4.C23H44O4.C10H20O.4CH4/c1-19(2)11-9-17-26-23(15-6-5-7-16-23)27-18-10-13-21(24)12-8-14-22(25)20(3)4;1-18(2)12-10-16-26-23(8,22(5,6)7)27-17-11-14-20(24)13-9-15-21(25)19(3)4;1-8(2)6-5-7-10(11)9(3)4;;;;/h19-20H,5-18H2,1-4H3;18-19H,9-17H2,1-8H3;8-9H,5-7H2,1-4H3;4*1H4. The molecule has 1 aliphatic carbocycles. The van der Waals surface area contributed by atoms with Crippen molar-refractivity contribution in [3.63, 3.8) is 0 Å². The number of hydrogen-bond acceptors (Lipinski definition) is 9. The van der Waals surface area contributed by atoms with Crippen molar-refractivity contribution >= 4 is 28.9 Å². The molecule has 1 unspecified atom stereocenters. The van der Waals surface area contributed by atoms with Gasteiger partial charge in [0.25, 0.3) is 0 Å². The van der Waals surface area contributed by atoms with E-state index in [2.05, 4.69) is 62.3 Å². The summed E-state index contributed by atoms with van der Waals surface area (Å²) in [5.41, 5.74) is -0.147. The predicted octanol–water partition coefficient (Wildman–Crippen LogP) is 17.4. The van der Waals surface area contributed by atoms with Crippen LogP contribution < -0.4 is 0 Å². The van der Waals surface area contributed by atoms with E-state index in [0.717, 1.165) is 76.7 Å². The van der Waals surface area contributed by atoms with Crippen molar-refractivity contribution in [3.8, 4) is 0 Å². The summed E-state index contributed by atoms with van der Waals surface area (Å²) in [6, 6.07) is 0. The van der Waals surface area contributed by atoms with Crippen molar-refractivity contribution in [1.29, 1.82) is 0 Å². The number of carbonyl (C=O) groups is 5. The summed E-state index contributed by atoms with van der Waals surface area (Å²) < 4.78 is 24.6. The zero-order valence-corrected chi connectivity index (χ0v) is 45.5. The average Bonchev–Trinajstić information content (AvgIpc) is 3.21. The van der Waals surface area contributed by atoms with Crippen LogP contribution in [0.4, 0.5) is 0 Å². The fraction of sp³-hybridized carbons (Fsp3) is 0.917. The molecule has 9 heteroatoms. The van der Waals surface area contributed by atoms with Gasteiger partial charge in [-0.05, 0) is 95.3 Å². The maximum atomic E-state index is 12.0. The van der Waals surface area contributed by atoms with Crippen molar-refractivity contribution in [1.82, 2.24) is 0 Å². The van der Waals surface area contributed by atoms with Crippen LogP contribution in [-0.4, -0.2) is 66.9 Å². The van der Waals surface area contributed by atoms with Crippen LogP contribution in [0.1, 0.15) is 282 Å². The third kappa shape index (κ3) is 43.5. The van der Waals surface area contributed by atoms with Gasteiger partial charge >= 0.3 is 0 Å². The third-order valence-corrected chi connectivity index (χ3v) is 12.4. The quantitative estimate of drug-likeness (QED) is 0.0451. The monoisotopic (exact) mass is 987 g/mol. The molecule has 0 bridgehead atoms. The van der Waals surface area contributed by atoms with Crippen molar-refractivity contribution in [2.45, 2.75) is 293 Å². The number of hydrogen-bond donors (Lipinski definition) is 0. The van der Waals surface area contributed by atoms with Crippen molar-refractivity contribution in [3.05, 3.63) is 0 Å². The smallest absolute Gasteiger partial charge is 0.170 e. The Morgan fingerprint density at radius 1 is 0.406 bits per heavy atom. The van der Waals surface area contributed by atoms with Crippen LogP contribution in [-0.2, 0) is 42.9 Å². The van der Waals surface area contributed by atoms with E-state index in [1.807, 2.05) is 48.5 Å². The zero-order valence-electron chi connectivity index (χ0n) is 45.5. The third-order valence-electron chi connectivity index (χ3n) is 12.4. The van der Waals surface area contributed by atoms with E-state index in [9.17, 15) is 24.0 Å². The normalized spacial score (nSPS) is 14.1. The van der Waals surface area contributed by atoms with Gasteiger partial charge < -0.3 is 18.9 Å². The Labute approximate surface area is 431 Å². The average molecular weight is 988 g/mol. The lowest BCUT2D eigenvalue weighted by molar-refractivity contribution is -0.278. The van der Waals surface area contributed by atoms with Gasteiger partial charge in [0.05, 0.1) is 26.4 Å². The number of ketones is 5. The predicted molar refractivity (Wildman–Crippen MR) is 297 cm³/mol. The van der Waals surface area contributed by atoms with E-state index < -0.39 is 11.6 Å². The zero-order chi connectivity index (χ0) is 50.1. The van der Waals surface area contributed by atoms with Crippen molar-refractivity contribution in [2.75, 3.05) is 26.4 Å². The second-order valence-electron chi connectivity index (χ2n) is 22.3. The fourth-order valence-electron chi connectivity index (χ4n) is 7.19. The van der Waals surface area contributed by atoms with E-state index in [0.29, 0.717) is 95.2 Å². The lowest BCUT2D eigenvalue weighted by Gasteiger charge is -2.41. The molecule has 0 N–H and O–H groups in total. The van der Waals surface area contributed by atoms with Crippen LogP contribution >= 0.6 is 0 Å². The highest BCUT2D eigenvalue weighted by Gasteiger charge is 2.39. The van der Waals surface area contributed by atoms with Crippen LogP contribution in [0.5, 0.6) is 0 Å². The molecule has 0 aromatic carbocycles. The summed E-state index contributed by atoms with van der Waals surface area (Å²) in [6.45, 7) is 35.8. The SMILES string of the molecule is C.C.C.C.CC(C)CCCC(=O)C(C)C.CC(C)CCCOC(C)(OCCCC(=O)CCCC(=O)C(C)C)C(C)(C)C.CC(C)CCCOC1(OCCCC(=O)CCCC(=O)C(C)C)CCCCC1. The molecule has 0 amide bonds. The maximum Gasteiger partial charge on any atom is 0.170 e. The summed E-state index contributed by atoms with van der Waals surface area (Å²) in [4.78, 5) is 58.3. The van der Waals surface area contributed by atoms with Gasteiger partial charge in [-0.25, -0.2) is 0 Å². The molecule has 0 heterocycles. The Morgan fingerprint density at radius 2 is 0.710 bits per heavy atom. The molecule has 1 fully saturated rings. The van der Waals surface area contributed by atoms with Gasteiger partial charge in [0.15, 0.2) is 11.6 Å². The minimum absolute atomic E-state index is 0. The first-order chi connectivity index (χ1) is 30.3. The summed E-state index contributed by atoms with van der Waals surface area (Å²) in [5, 5.41) is 0. The number of ether oxygens (including phenoxy) is 4. The fourth-order valence-corrected chi connectivity index (χ4v) is 7.19. The van der Waals surface area contributed by atoms with Crippen LogP contribution in [0, 0.1) is 40.9 Å². The molecule has 0 aliphatic heterocycles. The Hall–Kier alpha value is -1.81. The first-order valence-corrected chi connectivity index (χ1v) is 26.4. The van der Waals surface area contributed by atoms with Crippen LogP contribution in [0.15, 0.2) is 0 Å². The molecule has 1 saturated carbocycles. The molecule has 9 nitrogen and oxygen atoms in total.